The number of fused-ring (bicyclic) bond motifs is 3. The lowest BCUT2D eigenvalue weighted by Crippen LogP contribution is -2.38. The molecule has 0 radical (unpaired) electrons. The number of rotatable bonds is 1. The van der Waals surface area contributed by atoms with Gasteiger partial charge >= 0.3 is 0 Å². The molecule has 1 N–H and O–H groups in total. The Hall–Kier alpha value is -2.44. The largest absolute Gasteiger partial charge is 0.376 e. The normalized spacial score (nSPS) is 20.3. The van der Waals surface area contributed by atoms with E-state index in [4.69, 9.17) is 5.26 Å². The van der Waals surface area contributed by atoms with Crippen molar-refractivity contribution in [1.29, 1.82) is 5.26 Å². The second-order valence-corrected chi connectivity index (χ2v) is 4.62. The van der Waals surface area contributed by atoms with Gasteiger partial charge in [-0.15, -0.1) is 0 Å². The molecule has 1 aliphatic carbocycles. The fraction of sp³-hybridized carbons (Fsp3) is 0.125. The van der Waals surface area contributed by atoms with Crippen molar-refractivity contribution >= 4 is 5.78 Å². The van der Waals surface area contributed by atoms with E-state index in [0.717, 1.165) is 11.1 Å². The van der Waals surface area contributed by atoms with Crippen molar-refractivity contribution < 1.29 is 9.90 Å². The van der Waals surface area contributed by atoms with E-state index in [0.29, 0.717) is 11.1 Å². The summed E-state index contributed by atoms with van der Waals surface area (Å²) in [7, 11) is 0. The summed E-state index contributed by atoms with van der Waals surface area (Å²) in [5.74, 6) is -0.400. The van der Waals surface area contributed by atoms with Crippen molar-refractivity contribution in [2.45, 2.75) is 12.0 Å². The predicted octanol–water partition coefficient (Wildman–Crippen LogP) is 2.65. The summed E-state index contributed by atoms with van der Waals surface area (Å²) >= 11 is 0. The summed E-state index contributed by atoms with van der Waals surface area (Å²) in [5.41, 5.74) is 0.875. The van der Waals surface area contributed by atoms with Crippen molar-refractivity contribution in [3.63, 3.8) is 0 Å². The Bertz CT molecular complexity index is 715. The van der Waals surface area contributed by atoms with Crippen LogP contribution in [0.25, 0.3) is 11.1 Å². The number of aliphatic hydroxyl groups is 1. The molecule has 3 rings (SSSR count). The summed E-state index contributed by atoms with van der Waals surface area (Å²) < 4.78 is 0. The highest BCUT2D eigenvalue weighted by Crippen LogP contribution is 2.43. The second kappa shape index (κ2) is 4.04. The number of nitrogens with zero attached hydrogens (tertiary/aromatic N) is 1. The fourth-order valence-corrected chi connectivity index (χ4v) is 2.63. The van der Waals surface area contributed by atoms with Crippen LogP contribution in [0.5, 0.6) is 0 Å². The first kappa shape index (κ1) is 11.6. The molecule has 0 spiro atoms. The highest BCUT2D eigenvalue weighted by Gasteiger charge is 2.44. The van der Waals surface area contributed by atoms with Gasteiger partial charge in [0.05, 0.1) is 12.5 Å². The topological polar surface area (TPSA) is 61.1 Å². The minimum absolute atomic E-state index is 0.239. The number of nitriles is 1. The zero-order chi connectivity index (χ0) is 13.5. The smallest absolute Gasteiger partial charge is 0.200 e. The van der Waals surface area contributed by atoms with E-state index in [1.165, 1.54) is 0 Å². The van der Waals surface area contributed by atoms with Crippen LogP contribution in [0.15, 0.2) is 48.5 Å². The van der Waals surface area contributed by atoms with Gasteiger partial charge in [-0.25, -0.2) is 0 Å². The number of carbonyl (C=O) groups is 1. The Labute approximate surface area is 110 Å². The molecular formula is C16H11NO2. The van der Waals surface area contributed by atoms with E-state index in [1.807, 2.05) is 30.3 Å². The third-order valence-corrected chi connectivity index (χ3v) is 3.55. The molecule has 2 aromatic carbocycles. The van der Waals surface area contributed by atoms with Gasteiger partial charge in [-0.05, 0) is 11.1 Å². The van der Waals surface area contributed by atoms with E-state index in [1.54, 1.807) is 24.3 Å². The third-order valence-electron chi connectivity index (χ3n) is 3.55. The van der Waals surface area contributed by atoms with Crippen molar-refractivity contribution in [2.75, 3.05) is 0 Å². The van der Waals surface area contributed by atoms with Gasteiger partial charge < -0.3 is 5.11 Å². The van der Waals surface area contributed by atoms with Gasteiger partial charge in [-0.2, -0.15) is 5.26 Å². The van der Waals surface area contributed by atoms with Crippen LogP contribution in [0.3, 0.4) is 0 Å². The molecule has 0 heterocycles. The molecule has 0 fully saturated rings. The number of ketones is 1. The summed E-state index contributed by atoms with van der Waals surface area (Å²) in [4.78, 5) is 12.5. The predicted molar refractivity (Wildman–Crippen MR) is 70.3 cm³/mol. The summed E-state index contributed by atoms with van der Waals surface area (Å²) in [6, 6.07) is 16.3. The monoisotopic (exact) mass is 249 g/mol. The highest BCUT2D eigenvalue weighted by molar-refractivity contribution is 6.11. The number of benzene rings is 2. The molecule has 0 amide bonds. The second-order valence-electron chi connectivity index (χ2n) is 4.62. The minimum Gasteiger partial charge on any atom is -0.376 e. The van der Waals surface area contributed by atoms with Gasteiger partial charge in [0.25, 0.3) is 0 Å². The minimum atomic E-state index is -1.74. The average molecular weight is 249 g/mol. The third kappa shape index (κ3) is 1.51. The molecule has 2 aromatic rings. The van der Waals surface area contributed by atoms with Crippen LogP contribution >= 0.6 is 0 Å². The van der Waals surface area contributed by atoms with Gasteiger partial charge in [0.15, 0.2) is 5.60 Å². The molecule has 3 heteroatoms. The van der Waals surface area contributed by atoms with E-state index in [9.17, 15) is 9.90 Å². The molecule has 0 aliphatic heterocycles. The van der Waals surface area contributed by atoms with E-state index in [-0.39, 0.29) is 6.42 Å². The molecule has 0 saturated heterocycles. The van der Waals surface area contributed by atoms with Crippen LogP contribution in [0.2, 0.25) is 0 Å². The number of hydrogen-bond acceptors (Lipinski definition) is 3. The first-order valence-corrected chi connectivity index (χ1v) is 6.01. The quantitative estimate of drug-likeness (QED) is 0.845. The Morgan fingerprint density at radius 3 is 2.26 bits per heavy atom. The van der Waals surface area contributed by atoms with E-state index < -0.39 is 11.4 Å². The van der Waals surface area contributed by atoms with Crippen molar-refractivity contribution in [3.05, 3.63) is 59.7 Å². The van der Waals surface area contributed by atoms with Crippen LogP contribution in [0, 0.1) is 11.3 Å². The Morgan fingerprint density at radius 1 is 1.00 bits per heavy atom. The van der Waals surface area contributed by atoms with E-state index in [2.05, 4.69) is 0 Å². The lowest BCUT2D eigenvalue weighted by Gasteiger charge is -2.32. The Balaban J connectivity index is 2.36. The fourth-order valence-electron chi connectivity index (χ4n) is 2.63. The van der Waals surface area contributed by atoms with E-state index >= 15 is 0 Å². The van der Waals surface area contributed by atoms with Crippen LogP contribution in [-0.2, 0) is 5.60 Å². The van der Waals surface area contributed by atoms with Crippen molar-refractivity contribution in [1.82, 2.24) is 0 Å². The first-order chi connectivity index (χ1) is 9.18. The molecular weight excluding hydrogens is 238 g/mol. The molecule has 92 valence electrons. The molecule has 0 aromatic heterocycles. The summed E-state index contributed by atoms with van der Waals surface area (Å²) in [5, 5.41) is 19.6. The molecule has 3 nitrogen and oxygen atoms in total. The number of carbonyl (C=O) groups excluding carboxylic acids is 1. The average Bonchev–Trinajstić information content (AvgIpc) is 2.46. The van der Waals surface area contributed by atoms with Crippen LogP contribution in [0.1, 0.15) is 22.3 Å². The lowest BCUT2D eigenvalue weighted by atomic mass is 9.73. The molecule has 0 saturated carbocycles. The van der Waals surface area contributed by atoms with Gasteiger partial charge in [0.1, 0.15) is 0 Å². The highest BCUT2D eigenvalue weighted by atomic mass is 16.3. The van der Waals surface area contributed by atoms with Crippen LogP contribution in [0.4, 0.5) is 0 Å². The van der Waals surface area contributed by atoms with Gasteiger partial charge in [-0.3, -0.25) is 4.79 Å². The maximum atomic E-state index is 12.5. The maximum absolute atomic E-state index is 12.5. The molecule has 1 atom stereocenters. The summed E-state index contributed by atoms with van der Waals surface area (Å²) in [6.45, 7) is 0. The van der Waals surface area contributed by atoms with Crippen LogP contribution < -0.4 is 0 Å². The Morgan fingerprint density at radius 2 is 1.58 bits per heavy atom. The first-order valence-electron chi connectivity index (χ1n) is 6.01. The summed E-state index contributed by atoms with van der Waals surface area (Å²) in [6.07, 6.45) is -0.239. The lowest BCUT2D eigenvalue weighted by molar-refractivity contribution is 0.0316. The number of Topliss-reactive ketones (excluding diaryl/α,β-unsaturated/α-hetero) is 1. The zero-order valence-electron chi connectivity index (χ0n) is 10.1. The molecule has 1 aliphatic rings. The molecule has 1 unspecified atom stereocenters. The molecule has 0 bridgehead atoms. The standard InChI is InChI=1S/C16H11NO2/c17-10-9-16(19)14-8-4-3-6-12(14)11-5-1-2-7-13(11)15(16)18/h1-8,19H,9H2. The van der Waals surface area contributed by atoms with Gasteiger partial charge in [-0.1, -0.05) is 48.5 Å². The molecule has 19 heavy (non-hydrogen) atoms. The van der Waals surface area contributed by atoms with Crippen molar-refractivity contribution in [2.24, 2.45) is 0 Å². The van der Waals surface area contributed by atoms with Crippen molar-refractivity contribution in [3.8, 4) is 17.2 Å². The van der Waals surface area contributed by atoms with Crippen LogP contribution in [-0.4, -0.2) is 10.9 Å². The number of hydrogen-bond donors (Lipinski definition) is 1. The maximum Gasteiger partial charge on any atom is 0.200 e. The van der Waals surface area contributed by atoms with Gasteiger partial charge in [0, 0.05) is 11.1 Å². The zero-order valence-corrected chi connectivity index (χ0v) is 10.1. The SMILES string of the molecule is N#CCC1(O)C(=O)c2ccccc2-c2ccccc21. The van der Waals surface area contributed by atoms with Gasteiger partial charge in [0.2, 0.25) is 5.78 Å². The Kier molecular flexibility index (Phi) is 2.48.